The van der Waals surface area contributed by atoms with E-state index in [4.69, 9.17) is 18.0 Å². The standard InChI is InChI=1S/C13H26N2S/c1-3-9-15(10-13(14)16)12-8-6-5-7-11(12)4-2/h11-12H,3-10H2,1-2H3,(H2,14,16). The average molecular weight is 242 g/mol. The zero-order valence-corrected chi connectivity index (χ0v) is 11.6. The van der Waals surface area contributed by atoms with E-state index in [1.807, 2.05) is 0 Å². The molecule has 0 amide bonds. The molecule has 1 fully saturated rings. The Morgan fingerprint density at radius 3 is 2.56 bits per heavy atom. The minimum absolute atomic E-state index is 0.647. The third-order valence-corrected chi connectivity index (χ3v) is 3.86. The topological polar surface area (TPSA) is 29.3 Å². The van der Waals surface area contributed by atoms with Gasteiger partial charge in [0.25, 0.3) is 0 Å². The average Bonchev–Trinajstić information content (AvgIpc) is 2.28. The van der Waals surface area contributed by atoms with Crippen LogP contribution in [-0.4, -0.2) is 29.0 Å². The molecule has 2 N–H and O–H groups in total. The third kappa shape index (κ3) is 4.02. The van der Waals surface area contributed by atoms with Gasteiger partial charge in [-0.25, -0.2) is 0 Å². The van der Waals surface area contributed by atoms with Crippen molar-refractivity contribution in [2.75, 3.05) is 13.1 Å². The maximum absolute atomic E-state index is 5.71. The van der Waals surface area contributed by atoms with Crippen molar-refractivity contribution in [1.29, 1.82) is 0 Å². The Morgan fingerprint density at radius 1 is 1.31 bits per heavy atom. The third-order valence-electron chi connectivity index (χ3n) is 3.73. The van der Waals surface area contributed by atoms with Gasteiger partial charge in [0.15, 0.2) is 0 Å². The molecular formula is C13H26N2S. The van der Waals surface area contributed by atoms with Gasteiger partial charge in [0.05, 0.1) is 4.99 Å². The quantitative estimate of drug-likeness (QED) is 0.726. The summed E-state index contributed by atoms with van der Waals surface area (Å²) in [6.45, 7) is 6.49. The zero-order valence-electron chi connectivity index (χ0n) is 10.7. The van der Waals surface area contributed by atoms with Crippen LogP contribution in [0.2, 0.25) is 0 Å². The van der Waals surface area contributed by atoms with Crippen LogP contribution in [0.5, 0.6) is 0 Å². The molecule has 1 rings (SSSR count). The maximum Gasteiger partial charge on any atom is 0.0870 e. The maximum atomic E-state index is 5.71. The second kappa shape index (κ2) is 7.23. The summed E-state index contributed by atoms with van der Waals surface area (Å²) in [5, 5.41) is 0. The molecule has 1 aliphatic carbocycles. The Balaban J connectivity index is 2.61. The lowest BCUT2D eigenvalue weighted by Crippen LogP contribution is -2.46. The predicted molar refractivity (Wildman–Crippen MR) is 74.7 cm³/mol. The van der Waals surface area contributed by atoms with Gasteiger partial charge in [-0.3, -0.25) is 4.90 Å². The van der Waals surface area contributed by atoms with Crippen molar-refractivity contribution in [3.8, 4) is 0 Å². The van der Waals surface area contributed by atoms with E-state index >= 15 is 0 Å². The highest BCUT2D eigenvalue weighted by Crippen LogP contribution is 2.30. The van der Waals surface area contributed by atoms with Crippen molar-refractivity contribution >= 4 is 17.2 Å². The van der Waals surface area contributed by atoms with E-state index < -0.39 is 0 Å². The van der Waals surface area contributed by atoms with Crippen molar-refractivity contribution < 1.29 is 0 Å². The summed E-state index contributed by atoms with van der Waals surface area (Å²) in [6.07, 6.45) is 7.98. The van der Waals surface area contributed by atoms with Crippen LogP contribution in [-0.2, 0) is 0 Å². The fourth-order valence-electron chi connectivity index (χ4n) is 2.99. The molecule has 0 aromatic carbocycles. The summed E-state index contributed by atoms with van der Waals surface area (Å²) >= 11 is 5.07. The fourth-order valence-corrected chi connectivity index (χ4v) is 3.16. The molecule has 0 aromatic heterocycles. The van der Waals surface area contributed by atoms with Gasteiger partial charge in [0.2, 0.25) is 0 Å². The van der Waals surface area contributed by atoms with Gasteiger partial charge in [0, 0.05) is 12.6 Å². The number of rotatable bonds is 6. The van der Waals surface area contributed by atoms with E-state index in [0.717, 1.165) is 25.0 Å². The van der Waals surface area contributed by atoms with Crippen LogP contribution >= 0.6 is 12.2 Å². The van der Waals surface area contributed by atoms with Crippen LogP contribution in [0, 0.1) is 5.92 Å². The largest absolute Gasteiger partial charge is 0.392 e. The molecule has 0 spiro atoms. The van der Waals surface area contributed by atoms with Gasteiger partial charge in [0.1, 0.15) is 0 Å². The molecule has 16 heavy (non-hydrogen) atoms. The Kier molecular flexibility index (Phi) is 6.29. The molecule has 3 heteroatoms. The normalized spacial score (nSPS) is 25.9. The minimum atomic E-state index is 0.647. The summed E-state index contributed by atoms with van der Waals surface area (Å²) in [5.41, 5.74) is 5.71. The van der Waals surface area contributed by atoms with Gasteiger partial charge in [-0.1, -0.05) is 45.3 Å². The molecule has 0 saturated heterocycles. The van der Waals surface area contributed by atoms with Gasteiger partial charge < -0.3 is 5.73 Å². The molecule has 0 bridgehead atoms. The van der Waals surface area contributed by atoms with Crippen LogP contribution in [0.4, 0.5) is 0 Å². The Bertz CT molecular complexity index is 218. The highest BCUT2D eigenvalue weighted by molar-refractivity contribution is 7.80. The van der Waals surface area contributed by atoms with Crippen LogP contribution in [0.15, 0.2) is 0 Å². The first-order chi connectivity index (χ1) is 7.69. The molecule has 1 saturated carbocycles. The molecule has 94 valence electrons. The van der Waals surface area contributed by atoms with Crippen LogP contribution in [0.1, 0.15) is 52.4 Å². The van der Waals surface area contributed by atoms with Crippen molar-refractivity contribution in [1.82, 2.24) is 4.90 Å². The molecule has 0 radical (unpaired) electrons. The summed E-state index contributed by atoms with van der Waals surface area (Å²) < 4.78 is 0. The van der Waals surface area contributed by atoms with Crippen LogP contribution in [0.25, 0.3) is 0 Å². The summed E-state index contributed by atoms with van der Waals surface area (Å²) in [5.74, 6) is 0.856. The summed E-state index contributed by atoms with van der Waals surface area (Å²) in [6, 6.07) is 0.722. The fraction of sp³-hybridized carbons (Fsp3) is 0.923. The number of nitrogens with zero attached hydrogens (tertiary/aromatic N) is 1. The van der Waals surface area contributed by atoms with E-state index in [-0.39, 0.29) is 0 Å². The van der Waals surface area contributed by atoms with E-state index in [1.54, 1.807) is 0 Å². The molecule has 2 nitrogen and oxygen atoms in total. The molecule has 0 aromatic rings. The van der Waals surface area contributed by atoms with Gasteiger partial charge >= 0.3 is 0 Å². The van der Waals surface area contributed by atoms with Crippen LogP contribution < -0.4 is 5.73 Å². The number of hydrogen-bond donors (Lipinski definition) is 1. The molecular weight excluding hydrogens is 216 g/mol. The number of hydrogen-bond acceptors (Lipinski definition) is 2. The van der Waals surface area contributed by atoms with Crippen molar-refractivity contribution in [3.63, 3.8) is 0 Å². The Morgan fingerprint density at radius 2 is 2.00 bits per heavy atom. The van der Waals surface area contributed by atoms with Gasteiger partial charge in [-0.05, 0) is 31.7 Å². The van der Waals surface area contributed by atoms with Gasteiger partial charge in [-0.15, -0.1) is 0 Å². The second-order valence-corrected chi connectivity index (χ2v) is 5.48. The first-order valence-corrected chi connectivity index (χ1v) is 7.12. The highest BCUT2D eigenvalue weighted by Gasteiger charge is 2.28. The highest BCUT2D eigenvalue weighted by atomic mass is 32.1. The first-order valence-electron chi connectivity index (χ1n) is 6.71. The molecule has 1 aliphatic rings. The lowest BCUT2D eigenvalue weighted by molar-refractivity contribution is 0.116. The zero-order chi connectivity index (χ0) is 12.0. The lowest BCUT2D eigenvalue weighted by atomic mass is 9.82. The molecule has 2 atom stereocenters. The van der Waals surface area contributed by atoms with E-state index in [1.165, 1.54) is 38.5 Å². The monoisotopic (exact) mass is 242 g/mol. The van der Waals surface area contributed by atoms with Gasteiger partial charge in [-0.2, -0.15) is 0 Å². The molecule has 0 heterocycles. The minimum Gasteiger partial charge on any atom is -0.392 e. The smallest absolute Gasteiger partial charge is 0.0870 e. The van der Waals surface area contributed by atoms with Crippen molar-refractivity contribution in [3.05, 3.63) is 0 Å². The molecule has 0 aliphatic heterocycles. The summed E-state index contributed by atoms with van der Waals surface area (Å²) in [7, 11) is 0. The van der Waals surface area contributed by atoms with Crippen molar-refractivity contribution in [2.24, 2.45) is 11.7 Å². The SMILES string of the molecule is CCCN(CC(N)=S)C1CCCCC1CC. The van der Waals surface area contributed by atoms with Crippen LogP contribution in [0.3, 0.4) is 0 Å². The van der Waals surface area contributed by atoms with E-state index in [2.05, 4.69) is 18.7 Å². The Labute approximate surface area is 106 Å². The second-order valence-electron chi connectivity index (χ2n) is 4.96. The molecule has 2 unspecified atom stereocenters. The van der Waals surface area contributed by atoms with E-state index in [9.17, 15) is 0 Å². The van der Waals surface area contributed by atoms with E-state index in [0.29, 0.717) is 4.99 Å². The number of nitrogens with two attached hydrogens (primary N) is 1. The predicted octanol–water partition coefficient (Wildman–Crippen LogP) is 2.95. The Hall–Kier alpha value is -0.150. The first kappa shape index (κ1) is 13.9. The summed E-state index contributed by atoms with van der Waals surface area (Å²) in [4.78, 5) is 3.17. The van der Waals surface area contributed by atoms with Crippen molar-refractivity contribution in [2.45, 2.75) is 58.4 Å². The lowest BCUT2D eigenvalue weighted by Gasteiger charge is -2.39. The number of thiocarbonyl (C=S) groups is 1.